The minimum Gasteiger partial charge on any atom is -0.450 e. The third-order valence-electron chi connectivity index (χ3n) is 4.28. The molecule has 2 rings (SSSR count). The third-order valence-corrected chi connectivity index (χ3v) is 4.56. The number of aromatic nitrogens is 1. The highest BCUT2D eigenvalue weighted by Gasteiger charge is 2.33. The summed E-state index contributed by atoms with van der Waals surface area (Å²) in [5, 5.41) is 5.18. The minimum absolute atomic E-state index is 0.0669. The van der Waals surface area contributed by atoms with Crippen molar-refractivity contribution >= 4 is 29.4 Å². The summed E-state index contributed by atoms with van der Waals surface area (Å²) in [6, 6.07) is 0.860. The van der Waals surface area contributed by atoms with Crippen molar-refractivity contribution < 1.29 is 27.5 Å². The highest BCUT2D eigenvalue weighted by Crippen LogP contribution is 2.34. The van der Waals surface area contributed by atoms with E-state index in [0.29, 0.717) is 25.9 Å². The molecule has 156 valence electrons. The summed E-state index contributed by atoms with van der Waals surface area (Å²) in [4.78, 5) is 29.0. The van der Waals surface area contributed by atoms with E-state index in [4.69, 9.17) is 16.3 Å². The molecule has 1 saturated heterocycles. The van der Waals surface area contributed by atoms with Crippen LogP contribution in [0.3, 0.4) is 0 Å². The zero-order valence-corrected chi connectivity index (χ0v) is 16.1. The van der Waals surface area contributed by atoms with Crippen LogP contribution < -0.4 is 15.5 Å². The van der Waals surface area contributed by atoms with E-state index < -0.39 is 17.8 Å². The second-order valence-electron chi connectivity index (χ2n) is 6.23. The maximum Gasteiger partial charge on any atom is 0.417 e. The van der Waals surface area contributed by atoms with Crippen molar-refractivity contribution in [3.63, 3.8) is 0 Å². The van der Waals surface area contributed by atoms with E-state index in [-0.39, 0.29) is 42.4 Å². The molecule has 0 atom stereocenters. The Morgan fingerprint density at radius 2 is 1.93 bits per heavy atom. The number of rotatable bonds is 6. The lowest BCUT2D eigenvalue weighted by atomic mass is 9.96. The van der Waals surface area contributed by atoms with Gasteiger partial charge in [0.1, 0.15) is 5.82 Å². The number of ether oxygens (including phenoxy) is 1. The SMILES string of the molecule is CCOC(=O)NCCNC(=O)C1CCN(c2ncc(C(F)(F)F)cc2Cl)CC1. The normalized spacial score (nSPS) is 15.2. The van der Waals surface area contributed by atoms with Crippen molar-refractivity contribution in [1.29, 1.82) is 0 Å². The molecule has 0 unspecified atom stereocenters. The fraction of sp³-hybridized carbons (Fsp3) is 0.588. The van der Waals surface area contributed by atoms with Crippen LogP contribution in [0.2, 0.25) is 5.02 Å². The predicted molar refractivity (Wildman–Crippen MR) is 97.2 cm³/mol. The Morgan fingerprint density at radius 3 is 2.50 bits per heavy atom. The van der Waals surface area contributed by atoms with Crippen molar-refractivity contribution in [2.45, 2.75) is 25.9 Å². The first-order chi connectivity index (χ1) is 13.2. The average molecular weight is 423 g/mol. The molecule has 1 aliphatic rings. The molecule has 0 bridgehead atoms. The maximum absolute atomic E-state index is 12.7. The van der Waals surface area contributed by atoms with Gasteiger partial charge in [0.05, 0.1) is 17.2 Å². The number of halogens is 4. The second-order valence-corrected chi connectivity index (χ2v) is 6.63. The van der Waals surface area contributed by atoms with Crippen LogP contribution in [0.1, 0.15) is 25.3 Å². The Bertz CT molecular complexity index is 695. The standard InChI is InChI=1S/C17H22ClF3N4O3/c1-2-28-16(27)23-6-5-22-15(26)11-3-7-25(8-4-11)14-13(18)9-12(10-24-14)17(19,20)21/h9-11H,2-8H2,1H3,(H,22,26)(H,23,27). The first-order valence-electron chi connectivity index (χ1n) is 8.88. The summed E-state index contributed by atoms with van der Waals surface area (Å²) < 4.78 is 42.8. The Balaban J connectivity index is 1.79. The van der Waals surface area contributed by atoms with Gasteiger partial charge in [0.15, 0.2) is 0 Å². The number of hydrogen-bond donors (Lipinski definition) is 2. The molecular formula is C17H22ClF3N4O3. The minimum atomic E-state index is -4.50. The van der Waals surface area contributed by atoms with Gasteiger partial charge in [-0.15, -0.1) is 0 Å². The summed E-state index contributed by atoms with van der Waals surface area (Å²) in [6.07, 6.45) is -3.23. The number of carbonyl (C=O) groups excluding carboxylic acids is 2. The molecule has 2 amide bonds. The van der Waals surface area contributed by atoms with Crippen LogP contribution in [0.4, 0.5) is 23.8 Å². The van der Waals surface area contributed by atoms with Gasteiger partial charge in [-0.3, -0.25) is 4.79 Å². The highest BCUT2D eigenvalue weighted by atomic mass is 35.5. The van der Waals surface area contributed by atoms with Crippen LogP contribution in [0, 0.1) is 5.92 Å². The van der Waals surface area contributed by atoms with Gasteiger partial charge in [0, 0.05) is 38.3 Å². The molecule has 1 aliphatic heterocycles. The van der Waals surface area contributed by atoms with E-state index in [1.54, 1.807) is 11.8 Å². The summed E-state index contributed by atoms with van der Waals surface area (Å²) in [5.74, 6) is -0.0592. The zero-order chi connectivity index (χ0) is 20.7. The van der Waals surface area contributed by atoms with Crippen LogP contribution in [0.25, 0.3) is 0 Å². The van der Waals surface area contributed by atoms with Gasteiger partial charge in [-0.25, -0.2) is 9.78 Å². The van der Waals surface area contributed by atoms with Gasteiger partial charge >= 0.3 is 12.3 Å². The predicted octanol–water partition coefficient (Wildman–Crippen LogP) is 2.83. The molecule has 28 heavy (non-hydrogen) atoms. The van der Waals surface area contributed by atoms with Crippen LogP contribution in [-0.2, 0) is 15.7 Å². The van der Waals surface area contributed by atoms with Crippen molar-refractivity contribution in [3.05, 3.63) is 22.8 Å². The van der Waals surface area contributed by atoms with Crippen LogP contribution in [0.15, 0.2) is 12.3 Å². The van der Waals surface area contributed by atoms with Crippen molar-refractivity contribution in [3.8, 4) is 0 Å². The Morgan fingerprint density at radius 1 is 1.29 bits per heavy atom. The maximum atomic E-state index is 12.7. The number of carbonyl (C=O) groups is 2. The summed E-state index contributed by atoms with van der Waals surface area (Å²) >= 11 is 5.97. The first kappa shape index (κ1) is 22.1. The van der Waals surface area contributed by atoms with E-state index in [9.17, 15) is 22.8 Å². The molecule has 0 saturated carbocycles. The molecule has 0 aromatic carbocycles. The van der Waals surface area contributed by atoms with Crippen LogP contribution in [0.5, 0.6) is 0 Å². The van der Waals surface area contributed by atoms with Crippen molar-refractivity contribution in [2.75, 3.05) is 37.7 Å². The summed E-state index contributed by atoms with van der Waals surface area (Å²) in [6.45, 7) is 3.42. The van der Waals surface area contributed by atoms with E-state index in [0.717, 1.165) is 12.3 Å². The van der Waals surface area contributed by atoms with Crippen molar-refractivity contribution in [1.82, 2.24) is 15.6 Å². The molecule has 1 aromatic heterocycles. The van der Waals surface area contributed by atoms with E-state index in [2.05, 4.69) is 15.6 Å². The first-order valence-corrected chi connectivity index (χ1v) is 9.26. The number of nitrogens with one attached hydrogen (secondary N) is 2. The number of anilines is 1. The number of piperidine rings is 1. The fourth-order valence-electron chi connectivity index (χ4n) is 2.85. The average Bonchev–Trinajstić information content (AvgIpc) is 2.64. The quantitative estimate of drug-likeness (QED) is 0.689. The van der Waals surface area contributed by atoms with Crippen LogP contribution in [-0.4, -0.2) is 49.8 Å². The second kappa shape index (κ2) is 9.81. The molecule has 2 N–H and O–H groups in total. The molecule has 11 heteroatoms. The van der Waals surface area contributed by atoms with Gasteiger partial charge in [-0.05, 0) is 25.8 Å². The summed E-state index contributed by atoms with van der Waals surface area (Å²) in [7, 11) is 0. The van der Waals surface area contributed by atoms with Gasteiger partial charge in [0.2, 0.25) is 5.91 Å². The lowest BCUT2D eigenvalue weighted by molar-refractivity contribution is -0.137. The molecule has 1 aromatic rings. The molecule has 0 spiro atoms. The molecule has 0 radical (unpaired) electrons. The lowest BCUT2D eigenvalue weighted by Crippen LogP contribution is -2.43. The number of nitrogens with zero attached hydrogens (tertiary/aromatic N) is 2. The van der Waals surface area contributed by atoms with Crippen molar-refractivity contribution in [2.24, 2.45) is 5.92 Å². The number of alkyl halides is 3. The number of alkyl carbamates (subject to hydrolysis) is 1. The number of pyridine rings is 1. The van der Waals surface area contributed by atoms with E-state index in [1.807, 2.05) is 0 Å². The van der Waals surface area contributed by atoms with Gasteiger partial charge in [-0.1, -0.05) is 11.6 Å². The smallest absolute Gasteiger partial charge is 0.417 e. The Hall–Kier alpha value is -2.23. The Kier molecular flexibility index (Phi) is 7.73. The number of hydrogen-bond acceptors (Lipinski definition) is 5. The zero-order valence-electron chi connectivity index (χ0n) is 15.3. The summed E-state index contributed by atoms with van der Waals surface area (Å²) in [5.41, 5.74) is -0.896. The molecular weight excluding hydrogens is 401 g/mol. The monoisotopic (exact) mass is 422 g/mol. The third kappa shape index (κ3) is 6.15. The molecule has 1 fully saturated rings. The lowest BCUT2D eigenvalue weighted by Gasteiger charge is -2.32. The topological polar surface area (TPSA) is 83.6 Å². The van der Waals surface area contributed by atoms with E-state index in [1.165, 1.54) is 0 Å². The molecule has 2 heterocycles. The Labute approximate surface area is 165 Å². The highest BCUT2D eigenvalue weighted by molar-refractivity contribution is 6.33. The van der Waals surface area contributed by atoms with Gasteiger partial charge in [0.25, 0.3) is 0 Å². The molecule has 7 nitrogen and oxygen atoms in total. The largest absolute Gasteiger partial charge is 0.450 e. The van der Waals surface area contributed by atoms with Crippen LogP contribution >= 0.6 is 11.6 Å². The fourth-order valence-corrected chi connectivity index (χ4v) is 3.13. The molecule has 0 aliphatic carbocycles. The number of amides is 2. The van der Waals surface area contributed by atoms with Gasteiger partial charge < -0.3 is 20.3 Å². The van der Waals surface area contributed by atoms with Gasteiger partial charge in [-0.2, -0.15) is 13.2 Å². The van der Waals surface area contributed by atoms with E-state index >= 15 is 0 Å².